The Bertz CT molecular complexity index is 1000. The van der Waals surface area contributed by atoms with E-state index < -0.39 is 30.4 Å². The van der Waals surface area contributed by atoms with Gasteiger partial charge < -0.3 is 20.5 Å². The molecule has 3 N–H and O–H groups in total. The molecule has 7 heteroatoms. The summed E-state index contributed by atoms with van der Waals surface area (Å²) in [5.74, 6) is -1.19. The van der Waals surface area contributed by atoms with Gasteiger partial charge in [0.2, 0.25) is 5.91 Å². The summed E-state index contributed by atoms with van der Waals surface area (Å²) in [6.07, 6.45) is 4.31. The number of rotatable bonds is 9. The Morgan fingerprint density at radius 2 is 1.56 bits per heavy atom. The lowest BCUT2D eigenvalue weighted by molar-refractivity contribution is -0.140. The number of carbonyl (C=O) groups is 3. The van der Waals surface area contributed by atoms with Gasteiger partial charge in [0.15, 0.2) is 0 Å². The zero-order valence-electron chi connectivity index (χ0n) is 19.5. The zero-order chi connectivity index (χ0) is 24.1. The van der Waals surface area contributed by atoms with E-state index in [1.165, 1.54) is 12.8 Å². The van der Waals surface area contributed by atoms with Crippen LogP contribution in [-0.2, 0) is 14.3 Å². The van der Waals surface area contributed by atoms with Crippen LogP contribution in [0, 0.1) is 5.92 Å². The summed E-state index contributed by atoms with van der Waals surface area (Å²) in [5.41, 5.74) is 4.40. The maximum absolute atomic E-state index is 12.7. The third-order valence-electron chi connectivity index (χ3n) is 6.88. The lowest BCUT2D eigenvalue weighted by Gasteiger charge is -2.22. The minimum absolute atomic E-state index is 0.0868. The van der Waals surface area contributed by atoms with Crippen molar-refractivity contribution in [2.75, 3.05) is 6.61 Å². The molecule has 2 aromatic rings. The highest BCUT2D eigenvalue weighted by atomic mass is 16.5. The van der Waals surface area contributed by atoms with E-state index in [1.807, 2.05) is 55.5 Å². The third-order valence-corrected chi connectivity index (χ3v) is 6.88. The fourth-order valence-electron chi connectivity index (χ4n) is 5.31. The number of fused-ring (bicyclic) bond motifs is 3. The molecule has 7 nitrogen and oxygen atoms in total. The van der Waals surface area contributed by atoms with Crippen LogP contribution in [0.25, 0.3) is 11.1 Å². The molecule has 2 aliphatic rings. The minimum atomic E-state index is -1.20. The van der Waals surface area contributed by atoms with Gasteiger partial charge in [-0.1, -0.05) is 74.2 Å². The highest BCUT2D eigenvalue weighted by Gasteiger charge is 2.30. The SMILES string of the molecule is CC(CC1CCCC1)NC(=O)C(CC(=O)O)NC(=O)OCC1c2ccccc2-c2ccccc21. The summed E-state index contributed by atoms with van der Waals surface area (Å²) in [4.78, 5) is 36.6. The number of aliphatic carboxylic acids is 1. The van der Waals surface area contributed by atoms with Crippen LogP contribution in [0.3, 0.4) is 0 Å². The van der Waals surface area contributed by atoms with Crippen LogP contribution in [0.5, 0.6) is 0 Å². The van der Waals surface area contributed by atoms with Crippen molar-refractivity contribution < 1.29 is 24.2 Å². The van der Waals surface area contributed by atoms with Crippen molar-refractivity contribution in [3.05, 3.63) is 59.7 Å². The molecule has 2 amide bonds. The van der Waals surface area contributed by atoms with Gasteiger partial charge in [-0.15, -0.1) is 0 Å². The molecule has 2 aromatic carbocycles. The van der Waals surface area contributed by atoms with Crippen molar-refractivity contribution >= 4 is 18.0 Å². The summed E-state index contributed by atoms with van der Waals surface area (Å²) >= 11 is 0. The van der Waals surface area contributed by atoms with Crippen LogP contribution in [0.15, 0.2) is 48.5 Å². The van der Waals surface area contributed by atoms with E-state index in [0.717, 1.165) is 41.5 Å². The molecule has 1 fully saturated rings. The molecule has 0 bridgehead atoms. The van der Waals surface area contributed by atoms with Gasteiger partial charge in [-0.05, 0) is 41.5 Å². The average molecular weight is 465 g/mol. The molecule has 34 heavy (non-hydrogen) atoms. The number of hydrogen-bond acceptors (Lipinski definition) is 4. The number of ether oxygens (including phenoxy) is 1. The second-order valence-corrected chi connectivity index (χ2v) is 9.42. The number of carboxylic acids is 1. The smallest absolute Gasteiger partial charge is 0.407 e. The van der Waals surface area contributed by atoms with Gasteiger partial charge in [0.25, 0.3) is 0 Å². The molecule has 2 atom stereocenters. The fraction of sp³-hybridized carbons (Fsp3) is 0.444. The van der Waals surface area contributed by atoms with Gasteiger partial charge >= 0.3 is 12.1 Å². The van der Waals surface area contributed by atoms with Gasteiger partial charge in [0.1, 0.15) is 12.6 Å². The van der Waals surface area contributed by atoms with E-state index in [4.69, 9.17) is 4.74 Å². The van der Waals surface area contributed by atoms with Gasteiger partial charge in [0, 0.05) is 12.0 Å². The molecule has 0 radical (unpaired) electrons. The first-order chi connectivity index (χ1) is 16.4. The van der Waals surface area contributed by atoms with Crippen molar-refractivity contribution in [3.8, 4) is 11.1 Å². The first-order valence-electron chi connectivity index (χ1n) is 12.1. The molecule has 0 aliphatic heterocycles. The van der Waals surface area contributed by atoms with Crippen molar-refractivity contribution in [1.29, 1.82) is 0 Å². The maximum Gasteiger partial charge on any atom is 0.407 e. The first kappa shape index (κ1) is 23.8. The monoisotopic (exact) mass is 464 g/mol. The highest BCUT2D eigenvalue weighted by Crippen LogP contribution is 2.44. The summed E-state index contributed by atoms with van der Waals surface area (Å²) in [6.45, 7) is 2.01. The number of carboxylic acid groups (broad SMARTS) is 1. The summed E-state index contributed by atoms with van der Waals surface area (Å²) in [5, 5.41) is 14.6. The Hall–Kier alpha value is -3.35. The number of carbonyl (C=O) groups excluding carboxylic acids is 2. The van der Waals surface area contributed by atoms with Gasteiger partial charge in [-0.2, -0.15) is 0 Å². The summed E-state index contributed by atoms with van der Waals surface area (Å²) in [6, 6.07) is 14.7. The standard InChI is InChI=1S/C27H32N2O5/c1-17(14-18-8-2-3-9-18)28-26(32)24(15-25(30)31)29-27(33)34-16-23-21-12-6-4-10-19(21)20-11-5-7-13-22(20)23/h4-7,10-13,17-18,23-24H,2-3,8-9,14-16H2,1H3,(H,28,32)(H,29,33)(H,30,31). The Morgan fingerprint density at radius 3 is 2.15 bits per heavy atom. The lowest BCUT2D eigenvalue weighted by atomic mass is 9.98. The second-order valence-electron chi connectivity index (χ2n) is 9.42. The van der Waals surface area contributed by atoms with Crippen LogP contribution in [0.1, 0.15) is 62.5 Å². The van der Waals surface area contributed by atoms with Crippen LogP contribution >= 0.6 is 0 Å². The molecule has 4 rings (SSSR count). The van der Waals surface area contributed by atoms with E-state index in [-0.39, 0.29) is 18.6 Å². The molecule has 180 valence electrons. The number of amides is 2. The van der Waals surface area contributed by atoms with Crippen LogP contribution < -0.4 is 10.6 Å². The normalized spacial score (nSPS) is 16.9. The molecule has 0 heterocycles. The van der Waals surface area contributed by atoms with Crippen LogP contribution in [-0.4, -0.2) is 41.8 Å². The fourth-order valence-corrected chi connectivity index (χ4v) is 5.31. The quantitative estimate of drug-likeness (QED) is 0.508. The zero-order valence-corrected chi connectivity index (χ0v) is 19.5. The Morgan fingerprint density at radius 1 is 0.971 bits per heavy atom. The van der Waals surface area contributed by atoms with Gasteiger partial charge in [-0.25, -0.2) is 4.79 Å². The number of nitrogens with one attached hydrogen (secondary N) is 2. The maximum atomic E-state index is 12.7. The van der Waals surface area contributed by atoms with E-state index in [0.29, 0.717) is 5.92 Å². The molecule has 2 unspecified atom stereocenters. The Kier molecular flexibility index (Phi) is 7.50. The summed E-state index contributed by atoms with van der Waals surface area (Å²) in [7, 11) is 0. The lowest BCUT2D eigenvalue weighted by Crippen LogP contribution is -2.50. The minimum Gasteiger partial charge on any atom is -0.481 e. The van der Waals surface area contributed by atoms with Crippen LogP contribution in [0.2, 0.25) is 0 Å². The topological polar surface area (TPSA) is 105 Å². The Labute approximate surface area is 199 Å². The van der Waals surface area contributed by atoms with Gasteiger partial charge in [-0.3, -0.25) is 9.59 Å². The number of alkyl carbamates (subject to hydrolysis) is 1. The first-order valence-corrected chi connectivity index (χ1v) is 12.1. The highest BCUT2D eigenvalue weighted by molar-refractivity contribution is 5.89. The predicted octanol–water partition coefficient (Wildman–Crippen LogP) is 4.45. The molecule has 1 saturated carbocycles. The van der Waals surface area contributed by atoms with Crippen molar-refractivity contribution in [2.45, 2.75) is 63.5 Å². The largest absolute Gasteiger partial charge is 0.481 e. The van der Waals surface area contributed by atoms with E-state index in [1.54, 1.807) is 0 Å². The Balaban J connectivity index is 1.36. The van der Waals surface area contributed by atoms with Gasteiger partial charge in [0.05, 0.1) is 6.42 Å². The van der Waals surface area contributed by atoms with Crippen molar-refractivity contribution in [1.82, 2.24) is 10.6 Å². The molecule has 2 aliphatic carbocycles. The van der Waals surface area contributed by atoms with E-state index in [2.05, 4.69) is 10.6 Å². The van der Waals surface area contributed by atoms with Crippen molar-refractivity contribution in [2.24, 2.45) is 5.92 Å². The van der Waals surface area contributed by atoms with E-state index >= 15 is 0 Å². The van der Waals surface area contributed by atoms with Crippen LogP contribution in [0.4, 0.5) is 4.79 Å². The predicted molar refractivity (Wildman–Crippen MR) is 128 cm³/mol. The molecular weight excluding hydrogens is 432 g/mol. The summed E-state index contributed by atoms with van der Waals surface area (Å²) < 4.78 is 5.49. The van der Waals surface area contributed by atoms with Crippen molar-refractivity contribution in [3.63, 3.8) is 0 Å². The number of hydrogen-bond donors (Lipinski definition) is 3. The third kappa shape index (κ3) is 5.58. The van der Waals surface area contributed by atoms with E-state index in [9.17, 15) is 19.5 Å². The molecule has 0 aromatic heterocycles. The average Bonchev–Trinajstić information content (AvgIpc) is 3.43. The second kappa shape index (κ2) is 10.7. The molecule has 0 saturated heterocycles. The molecular formula is C27H32N2O5. The number of benzene rings is 2. The molecule has 0 spiro atoms.